The van der Waals surface area contributed by atoms with Crippen molar-refractivity contribution in [2.24, 2.45) is 0 Å². The van der Waals surface area contributed by atoms with Crippen molar-refractivity contribution in [3.05, 3.63) is 0 Å². The molecule has 0 saturated carbocycles. The first-order chi connectivity index (χ1) is 14.6. The minimum absolute atomic E-state index is 0.227. The van der Waals surface area contributed by atoms with Gasteiger partial charge in [-0.05, 0) is 56.7 Å². The Morgan fingerprint density at radius 2 is 1.45 bits per heavy atom. The summed E-state index contributed by atoms with van der Waals surface area (Å²) in [7, 11) is -1.70. The standard InChI is InChI=1S/C23H45N2O5Si/c1-21(2,3)31(4,5)30-17-16-29-15-10-24-20-18-22(6-11-27-12-7-22)25(26)23(19-20)8-13-28-14-9-23/h20,24H,6-19H2,1-5H3. The van der Waals surface area contributed by atoms with Gasteiger partial charge in [-0.2, -0.15) is 0 Å². The molecule has 0 bridgehead atoms. The summed E-state index contributed by atoms with van der Waals surface area (Å²) in [6, 6.07) is 0.341. The van der Waals surface area contributed by atoms with Gasteiger partial charge in [0.2, 0.25) is 0 Å². The summed E-state index contributed by atoms with van der Waals surface area (Å²) >= 11 is 0. The second-order valence-electron chi connectivity index (χ2n) is 11.2. The SMILES string of the molecule is CC(C)(C)[Si](C)(C)OCCOCCNC1CC2(CCOCC2)N([O])C2(CCOCC2)C1. The van der Waals surface area contributed by atoms with Crippen molar-refractivity contribution in [3.63, 3.8) is 0 Å². The lowest BCUT2D eigenvalue weighted by molar-refractivity contribution is -0.330. The molecule has 181 valence electrons. The Hall–Kier alpha value is -0.0631. The van der Waals surface area contributed by atoms with E-state index in [2.05, 4.69) is 39.2 Å². The van der Waals surface area contributed by atoms with E-state index in [4.69, 9.17) is 18.6 Å². The molecule has 7 nitrogen and oxygen atoms in total. The van der Waals surface area contributed by atoms with Crippen LogP contribution in [0, 0.1) is 0 Å². The molecule has 3 heterocycles. The highest BCUT2D eigenvalue weighted by Crippen LogP contribution is 2.47. The molecule has 0 aliphatic carbocycles. The molecule has 3 aliphatic heterocycles. The molecule has 31 heavy (non-hydrogen) atoms. The van der Waals surface area contributed by atoms with Gasteiger partial charge in [0.25, 0.3) is 0 Å². The average Bonchev–Trinajstić information content (AvgIpc) is 2.72. The lowest BCUT2D eigenvalue weighted by Gasteiger charge is -2.57. The van der Waals surface area contributed by atoms with Crippen LogP contribution in [0.4, 0.5) is 0 Å². The predicted molar refractivity (Wildman–Crippen MR) is 123 cm³/mol. The Morgan fingerprint density at radius 1 is 0.935 bits per heavy atom. The molecule has 1 N–H and O–H groups in total. The highest BCUT2D eigenvalue weighted by atomic mass is 28.4. The van der Waals surface area contributed by atoms with Crippen molar-refractivity contribution in [2.75, 3.05) is 52.8 Å². The van der Waals surface area contributed by atoms with Crippen molar-refractivity contribution < 1.29 is 23.8 Å². The Balaban J connectivity index is 1.45. The maximum Gasteiger partial charge on any atom is 0.192 e. The van der Waals surface area contributed by atoms with Crippen LogP contribution in [0.15, 0.2) is 0 Å². The summed E-state index contributed by atoms with van der Waals surface area (Å²) in [6.45, 7) is 16.9. The molecule has 3 rings (SSSR count). The number of piperidine rings is 1. The van der Waals surface area contributed by atoms with E-state index in [9.17, 15) is 5.21 Å². The van der Waals surface area contributed by atoms with Crippen molar-refractivity contribution in [1.82, 2.24) is 10.4 Å². The second-order valence-corrected chi connectivity index (χ2v) is 16.1. The number of nitrogens with zero attached hydrogens (tertiary/aromatic N) is 1. The lowest BCUT2D eigenvalue weighted by Crippen LogP contribution is -2.68. The fourth-order valence-corrected chi connectivity index (χ4v) is 6.16. The van der Waals surface area contributed by atoms with Crippen LogP contribution in [0.3, 0.4) is 0 Å². The number of hydrogen-bond acceptors (Lipinski definition) is 6. The van der Waals surface area contributed by atoms with E-state index in [1.54, 1.807) is 0 Å². The smallest absolute Gasteiger partial charge is 0.192 e. The molecule has 2 spiro atoms. The fourth-order valence-electron chi connectivity index (χ4n) is 5.13. The molecular formula is C23H45N2O5Si. The van der Waals surface area contributed by atoms with Crippen LogP contribution in [0.5, 0.6) is 0 Å². The highest BCUT2D eigenvalue weighted by Gasteiger charge is 2.55. The van der Waals surface area contributed by atoms with Crippen molar-refractivity contribution in [1.29, 1.82) is 0 Å². The average molecular weight is 458 g/mol. The zero-order valence-electron chi connectivity index (χ0n) is 20.5. The number of nitrogens with one attached hydrogen (secondary N) is 1. The Bertz CT molecular complexity index is 529. The van der Waals surface area contributed by atoms with E-state index in [0.717, 1.165) is 45.1 Å². The van der Waals surface area contributed by atoms with Gasteiger partial charge in [0.1, 0.15) is 0 Å². The van der Waals surface area contributed by atoms with E-state index in [1.807, 2.05) is 0 Å². The fraction of sp³-hybridized carbons (Fsp3) is 1.00. The summed E-state index contributed by atoms with van der Waals surface area (Å²) in [5.41, 5.74) is -0.577. The summed E-state index contributed by atoms with van der Waals surface area (Å²) in [5, 5.41) is 19.0. The zero-order chi connectivity index (χ0) is 22.6. The number of ether oxygens (including phenoxy) is 3. The molecule has 0 amide bonds. The Labute approximate surface area is 190 Å². The maximum atomic E-state index is 13.6. The second kappa shape index (κ2) is 10.5. The molecule has 0 atom stereocenters. The third kappa shape index (κ3) is 6.09. The van der Waals surface area contributed by atoms with Crippen molar-refractivity contribution >= 4 is 8.32 Å². The van der Waals surface area contributed by atoms with Crippen molar-refractivity contribution in [2.45, 2.75) is 94.5 Å². The van der Waals surface area contributed by atoms with Gasteiger partial charge < -0.3 is 24.0 Å². The first-order valence-electron chi connectivity index (χ1n) is 12.2. The van der Waals surface area contributed by atoms with Gasteiger partial charge in [-0.15, -0.1) is 10.3 Å². The van der Waals surface area contributed by atoms with Gasteiger partial charge in [0.15, 0.2) is 8.32 Å². The third-order valence-electron chi connectivity index (χ3n) is 8.14. The third-order valence-corrected chi connectivity index (χ3v) is 12.7. The van der Waals surface area contributed by atoms with Crippen molar-refractivity contribution in [3.8, 4) is 0 Å². The van der Waals surface area contributed by atoms with E-state index in [1.165, 1.54) is 5.06 Å². The van der Waals surface area contributed by atoms with Crippen LogP contribution >= 0.6 is 0 Å². The summed E-state index contributed by atoms with van der Waals surface area (Å²) in [6.07, 6.45) is 5.13. The Morgan fingerprint density at radius 3 is 1.94 bits per heavy atom. The van der Waals surface area contributed by atoms with Crippen LogP contribution in [0.2, 0.25) is 18.1 Å². The van der Waals surface area contributed by atoms with Crippen LogP contribution in [-0.2, 0) is 23.8 Å². The molecule has 3 saturated heterocycles. The molecular weight excluding hydrogens is 412 g/mol. The van der Waals surface area contributed by atoms with Crippen LogP contribution < -0.4 is 5.32 Å². The monoisotopic (exact) mass is 457 g/mol. The molecule has 1 radical (unpaired) electrons. The molecule has 3 fully saturated rings. The molecule has 8 heteroatoms. The molecule has 3 aliphatic rings. The quantitative estimate of drug-likeness (QED) is 0.444. The van der Waals surface area contributed by atoms with Gasteiger partial charge in [0.05, 0.1) is 30.9 Å². The molecule has 0 aromatic heterocycles. The van der Waals surface area contributed by atoms with Gasteiger partial charge >= 0.3 is 0 Å². The van der Waals surface area contributed by atoms with Gasteiger partial charge in [0, 0.05) is 39.0 Å². The predicted octanol–water partition coefficient (Wildman–Crippen LogP) is 3.52. The van der Waals surface area contributed by atoms with Gasteiger partial charge in [-0.25, -0.2) is 0 Å². The minimum Gasteiger partial charge on any atom is -0.414 e. The van der Waals surface area contributed by atoms with E-state index in [-0.39, 0.29) is 16.1 Å². The Kier molecular flexibility index (Phi) is 8.63. The molecule has 0 aromatic rings. The highest BCUT2D eigenvalue weighted by molar-refractivity contribution is 6.74. The summed E-state index contributed by atoms with van der Waals surface area (Å²) < 4.78 is 23.2. The first-order valence-corrected chi connectivity index (χ1v) is 15.1. The largest absolute Gasteiger partial charge is 0.414 e. The first kappa shape index (κ1) is 25.6. The number of hydrogen-bond donors (Lipinski definition) is 1. The lowest BCUT2D eigenvalue weighted by atomic mass is 9.69. The number of rotatable bonds is 8. The van der Waals surface area contributed by atoms with Crippen LogP contribution in [0.25, 0.3) is 0 Å². The summed E-state index contributed by atoms with van der Waals surface area (Å²) in [4.78, 5) is 0. The minimum atomic E-state index is -1.70. The maximum absolute atomic E-state index is 13.6. The van der Waals surface area contributed by atoms with Gasteiger partial charge in [-0.1, -0.05) is 20.8 Å². The number of hydroxylamine groups is 2. The summed E-state index contributed by atoms with van der Waals surface area (Å²) in [5.74, 6) is 0. The van der Waals surface area contributed by atoms with E-state index in [0.29, 0.717) is 52.3 Å². The topological polar surface area (TPSA) is 72.1 Å². The molecule has 0 aromatic carbocycles. The normalized spacial score (nSPS) is 27.1. The van der Waals surface area contributed by atoms with E-state index < -0.39 is 8.32 Å². The van der Waals surface area contributed by atoms with Gasteiger partial charge in [-0.3, -0.25) is 0 Å². The van der Waals surface area contributed by atoms with Crippen LogP contribution in [0.1, 0.15) is 59.3 Å². The van der Waals surface area contributed by atoms with E-state index >= 15 is 0 Å². The zero-order valence-corrected chi connectivity index (χ0v) is 21.5. The van der Waals surface area contributed by atoms with Crippen LogP contribution in [-0.4, -0.2) is 83.3 Å². The molecule has 0 unspecified atom stereocenters.